The Labute approximate surface area is 116 Å². The van der Waals surface area contributed by atoms with Gasteiger partial charge in [0.1, 0.15) is 0 Å². The molecule has 1 aromatic rings. The predicted octanol–water partition coefficient (Wildman–Crippen LogP) is 3.86. The molecule has 2 nitrogen and oxygen atoms in total. The van der Waals surface area contributed by atoms with Gasteiger partial charge < -0.3 is 4.74 Å². The fraction of sp³-hybridized carbons (Fsp3) is 0.222. The van der Waals surface area contributed by atoms with Crippen LogP contribution in [0.5, 0.6) is 0 Å². The lowest BCUT2D eigenvalue weighted by Crippen LogP contribution is -2.02. The molecule has 15 heavy (non-hydrogen) atoms. The van der Waals surface area contributed by atoms with E-state index in [4.69, 9.17) is 23.2 Å². The molecule has 1 aromatic carbocycles. The van der Waals surface area contributed by atoms with E-state index in [1.54, 1.807) is 12.1 Å². The normalized spacial score (nSPS) is 10.1. The van der Waals surface area contributed by atoms with Crippen molar-refractivity contribution >= 4 is 63.5 Å². The van der Waals surface area contributed by atoms with Crippen LogP contribution in [-0.2, 0) is 9.53 Å². The van der Waals surface area contributed by atoms with E-state index in [2.05, 4.69) is 27.3 Å². The van der Waals surface area contributed by atoms with Crippen LogP contribution in [0.4, 0.5) is 0 Å². The first-order valence-corrected chi connectivity index (χ1v) is 6.70. The van der Waals surface area contributed by atoms with Crippen molar-refractivity contribution in [1.82, 2.24) is 0 Å². The molecule has 0 aliphatic rings. The molecule has 0 radical (unpaired) electrons. The van der Waals surface area contributed by atoms with Gasteiger partial charge in [-0.05, 0) is 34.7 Å². The van der Waals surface area contributed by atoms with Crippen molar-refractivity contribution in [3.8, 4) is 0 Å². The summed E-state index contributed by atoms with van der Waals surface area (Å²) in [7, 11) is 1.35. The van der Waals surface area contributed by atoms with Gasteiger partial charge in [0, 0.05) is 8.47 Å². The van der Waals surface area contributed by atoms with Crippen LogP contribution >= 0.6 is 57.6 Å². The largest absolute Gasteiger partial charge is 0.468 e. The monoisotopic (exact) mass is 376 g/mol. The Hall–Kier alpha value is 0.350. The Morgan fingerprint density at radius 2 is 2.13 bits per heavy atom. The molecule has 0 heterocycles. The van der Waals surface area contributed by atoms with Crippen LogP contribution in [0.1, 0.15) is 0 Å². The number of thioether (sulfide) groups is 1. The molecule has 0 aliphatic carbocycles. The highest BCUT2D eigenvalue weighted by Crippen LogP contribution is 2.33. The average molecular weight is 377 g/mol. The smallest absolute Gasteiger partial charge is 0.315 e. The fourth-order valence-corrected chi connectivity index (χ4v) is 2.81. The number of benzene rings is 1. The van der Waals surface area contributed by atoms with E-state index in [1.165, 1.54) is 18.9 Å². The van der Waals surface area contributed by atoms with Crippen molar-refractivity contribution in [3.05, 3.63) is 25.7 Å². The molecule has 0 N–H and O–H groups in total. The Kier molecular flexibility index (Phi) is 5.52. The summed E-state index contributed by atoms with van der Waals surface area (Å²) in [6, 6.07) is 3.52. The van der Waals surface area contributed by atoms with Gasteiger partial charge in [-0.3, -0.25) is 4.79 Å². The maximum atomic E-state index is 10.9. The molecule has 0 saturated carbocycles. The van der Waals surface area contributed by atoms with E-state index < -0.39 is 0 Å². The lowest BCUT2D eigenvalue weighted by Gasteiger charge is -2.05. The molecule has 0 aliphatic heterocycles. The number of rotatable bonds is 3. The van der Waals surface area contributed by atoms with Crippen LogP contribution in [0.25, 0.3) is 0 Å². The summed E-state index contributed by atoms with van der Waals surface area (Å²) >= 11 is 15.3. The molecule has 0 saturated heterocycles. The molecule has 6 heteroatoms. The third-order valence-electron chi connectivity index (χ3n) is 1.55. The maximum absolute atomic E-state index is 10.9. The highest BCUT2D eigenvalue weighted by Gasteiger charge is 2.08. The second-order valence-electron chi connectivity index (χ2n) is 2.56. The number of halogens is 3. The van der Waals surface area contributed by atoms with E-state index in [1.807, 2.05) is 0 Å². The molecule has 82 valence electrons. The third kappa shape index (κ3) is 4.01. The summed E-state index contributed by atoms with van der Waals surface area (Å²) in [4.78, 5) is 11.7. The Bertz CT molecular complexity index is 385. The van der Waals surface area contributed by atoms with Crippen LogP contribution in [0.2, 0.25) is 10.0 Å². The summed E-state index contributed by atoms with van der Waals surface area (Å²) in [6.45, 7) is 0. The minimum absolute atomic E-state index is 0.229. The standard InChI is InChI=1S/C9H7Cl2IO2S/c1-14-9(13)4-15-8-3-5(10)7(12)2-6(8)11/h2-3H,4H2,1H3. The van der Waals surface area contributed by atoms with E-state index >= 15 is 0 Å². The van der Waals surface area contributed by atoms with E-state index in [0.717, 1.165) is 8.47 Å². The van der Waals surface area contributed by atoms with Crippen LogP contribution in [0, 0.1) is 3.57 Å². The molecule has 0 aromatic heterocycles. The molecule has 0 unspecified atom stereocenters. The SMILES string of the molecule is COC(=O)CSc1cc(Cl)c(I)cc1Cl. The number of esters is 1. The summed E-state index contributed by atoms with van der Waals surface area (Å²) in [5.41, 5.74) is 0. The molecule has 0 fully saturated rings. The van der Waals surface area contributed by atoms with Crippen molar-refractivity contribution in [2.75, 3.05) is 12.9 Å². The number of carbonyl (C=O) groups excluding carboxylic acids is 1. The first-order valence-electron chi connectivity index (χ1n) is 3.88. The van der Waals surface area contributed by atoms with Crippen molar-refractivity contribution in [1.29, 1.82) is 0 Å². The topological polar surface area (TPSA) is 26.3 Å². The number of methoxy groups -OCH3 is 1. The Balaban J connectivity index is 2.77. The quantitative estimate of drug-likeness (QED) is 0.347. The van der Waals surface area contributed by atoms with Gasteiger partial charge in [0.15, 0.2) is 0 Å². The minimum atomic E-state index is -0.286. The van der Waals surface area contributed by atoms with Gasteiger partial charge >= 0.3 is 5.97 Å². The van der Waals surface area contributed by atoms with Gasteiger partial charge in [-0.15, -0.1) is 11.8 Å². The molecular formula is C9H7Cl2IO2S. The number of hydrogen-bond acceptors (Lipinski definition) is 3. The summed E-state index contributed by atoms with van der Waals surface area (Å²) in [5.74, 6) is -0.0570. The zero-order chi connectivity index (χ0) is 11.4. The van der Waals surface area contributed by atoms with Crippen molar-refractivity contribution in [3.63, 3.8) is 0 Å². The summed E-state index contributed by atoms with van der Waals surface area (Å²) in [6.07, 6.45) is 0. The second kappa shape index (κ2) is 6.18. The van der Waals surface area contributed by atoms with Crippen LogP contribution in [0.3, 0.4) is 0 Å². The fourth-order valence-electron chi connectivity index (χ4n) is 0.811. The lowest BCUT2D eigenvalue weighted by atomic mass is 10.4. The minimum Gasteiger partial charge on any atom is -0.468 e. The molecule has 0 atom stereocenters. The van der Waals surface area contributed by atoms with Crippen molar-refractivity contribution in [2.24, 2.45) is 0 Å². The van der Waals surface area contributed by atoms with Crippen LogP contribution < -0.4 is 0 Å². The van der Waals surface area contributed by atoms with Gasteiger partial charge in [-0.25, -0.2) is 0 Å². The van der Waals surface area contributed by atoms with Crippen molar-refractivity contribution < 1.29 is 9.53 Å². The van der Waals surface area contributed by atoms with Crippen molar-refractivity contribution in [2.45, 2.75) is 4.90 Å². The first kappa shape index (κ1) is 13.4. The van der Waals surface area contributed by atoms with Gasteiger partial charge in [0.05, 0.1) is 22.9 Å². The van der Waals surface area contributed by atoms with E-state index in [-0.39, 0.29) is 11.7 Å². The van der Waals surface area contributed by atoms with E-state index in [0.29, 0.717) is 10.0 Å². The molecule has 0 bridgehead atoms. The van der Waals surface area contributed by atoms with Gasteiger partial charge in [0.2, 0.25) is 0 Å². The maximum Gasteiger partial charge on any atom is 0.315 e. The summed E-state index contributed by atoms with van der Waals surface area (Å²) < 4.78 is 5.42. The van der Waals surface area contributed by atoms with Gasteiger partial charge in [-0.1, -0.05) is 23.2 Å². The van der Waals surface area contributed by atoms with E-state index in [9.17, 15) is 4.79 Å². The Morgan fingerprint density at radius 1 is 1.47 bits per heavy atom. The summed E-state index contributed by atoms with van der Waals surface area (Å²) in [5, 5.41) is 1.23. The number of hydrogen-bond donors (Lipinski definition) is 0. The van der Waals surface area contributed by atoms with Crippen LogP contribution in [-0.4, -0.2) is 18.8 Å². The first-order chi connectivity index (χ1) is 7.04. The third-order valence-corrected chi connectivity index (χ3v) is 4.53. The molecular weight excluding hydrogens is 370 g/mol. The average Bonchev–Trinajstić information content (AvgIpc) is 2.21. The zero-order valence-corrected chi connectivity index (χ0v) is 12.2. The Morgan fingerprint density at radius 3 is 2.73 bits per heavy atom. The number of ether oxygens (including phenoxy) is 1. The highest BCUT2D eigenvalue weighted by molar-refractivity contribution is 14.1. The number of carbonyl (C=O) groups is 1. The van der Waals surface area contributed by atoms with Gasteiger partial charge in [0.25, 0.3) is 0 Å². The van der Waals surface area contributed by atoms with Gasteiger partial charge in [-0.2, -0.15) is 0 Å². The predicted molar refractivity (Wildman–Crippen MR) is 71.9 cm³/mol. The molecule has 1 rings (SSSR count). The zero-order valence-electron chi connectivity index (χ0n) is 7.72. The molecule has 0 amide bonds. The lowest BCUT2D eigenvalue weighted by molar-refractivity contribution is -0.137. The second-order valence-corrected chi connectivity index (χ2v) is 5.56. The van der Waals surface area contributed by atoms with Crippen LogP contribution in [0.15, 0.2) is 17.0 Å². The highest BCUT2D eigenvalue weighted by atomic mass is 127. The molecule has 0 spiro atoms.